The summed E-state index contributed by atoms with van der Waals surface area (Å²) in [6.45, 7) is 1.48. The number of aromatic nitrogens is 2. The van der Waals surface area contributed by atoms with Crippen molar-refractivity contribution in [3.8, 4) is 6.07 Å². The number of amides is 1. The van der Waals surface area contributed by atoms with Gasteiger partial charge in [-0.25, -0.2) is 4.98 Å². The summed E-state index contributed by atoms with van der Waals surface area (Å²) in [5.74, 6) is 1.23. The van der Waals surface area contributed by atoms with Crippen LogP contribution in [-0.4, -0.2) is 59.2 Å². The van der Waals surface area contributed by atoms with E-state index < -0.39 is 0 Å². The third kappa shape index (κ3) is 3.38. The van der Waals surface area contributed by atoms with Gasteiger partial charge in [0.05, 0.1) is 23.6 Å². The quantitative estimate of drug-likeness (QED) is 0.628. The van der Waals surface area contributed by atoms with Gasteiger partial charge in [-0.2, -0.15) is 10.2 Å². The second-order valence-corrected chi connectivity index (χ2v) is 7.51. The van der Waals surface area contributed by atoms with Gasteiger partial charge in [-0.1, -0.05) is 0 Å². The second-order valence-electron chi connectivity index (χ2n) is 7.51. The first-order chi connectivity index (χ1) is 13.6. The number of piperazine rings is 1. The minimum Gasteiger partial charge on any atom is -0.392 e. The average molecular weight is 380 g/mol. The van der Waals surface area contributed by atoms with Gasteiger partial charge < -0.3 is 25.8 Å². The van der Waals surface area contributed by atoms with Gasteiger partial charge in [0, 0.05) is 50.8 Å². The van der Waals surface area contributed by atoms with Crippen LogP contribution >= 0.6 is 0 Å². The molecule has 3 fully saturated rings. The zero-order valence-corrected chi connectivity index (χ0v) is 15.8. The van der Waals surface area contributed by atoms with Gasteiger partial charge in [0.25, 0.3) is 0 Å². The predicted molar refractivity (Wildman–Crippen MR) is 105 cm³/mol. The maximum Gasteiger partial charge on any atom is 0.229 e. The molecule has 1 aromatic heterocycles. The van der Waals surface area contributed by atoms with Crippen molar-refractivity contribution < 1.29 is 4.79 Å². The van der Waals surface area contributed by atoms with Crippen molar-refractivity contribution >= 4 is 23.9 Å². The number of hydrogen-bond acceptors (Lipinski definition) is 8. The van der Waals surface area contributed by atoms with Gasteiger partial charge in [-0.15, -0.1) is 0 Å². The van der Waals surface area contributed by atoms with Crippen LogP contribution in [0.2, 0.25) is 0 Å². The molecule has 1 saturated carbocycles. The van der Waals surface area contributed by atoms with Crippen molar-refractivity contribution in [2.75, 3.05) is 30.4 Å². The lowest BCUT2D eigenvalue weighted by Crippen LogP contribution is -2.56. The fourth-order valence-electron chi connectivity index (χ4n) is 4.24. The molecule has 2 saturated heterocycles. The van der Waals surface area contributed by atoms with E-state index in [-0.39, 0.29) is 29.8 Å². The summed E-state index contributed by atoms with van der Waals surface area (Å²) < 4.78 is 0. The fraction of sp³-hybridized carbons (Fsp3) is 0.526. The van der Waals surface area contributed by atoms with E-state index in [1.54, 1.807) is 19.4 Å². The van der Waals surface area contributed by atoms with Crippen LogP contribution < -0.4 is 15.5 Å². The molecule has 2 aliphatic heterocycles. The van der Waals surface area contributed by atoms with E-state index in [0.717, 1.165) is 31.7 Å². The average Bonchev–Trinajstić information content (AvgIpc) is 3.46. The molecule has 1 amide bonds. The van der Waals surface area contributed by atoms with Gasteiger partial charge in [0.15, 0.2) is 0 Å². The molecule has 2 bridgehead atoms. The number of allylic oxidation sites excluding steroid dienone is 1. The van der Waals surface area contributed by atoms with Gasteiger partial charge in [-0.3, -0.25) is 4.79 Å². The lowest BCUT2D eigenvalue weighted by Gasteiger charge is -2.41. The summed E-state index contributed by atoms with van der Waals surface area (Å²) in [5, 5.41) is 22.4. The second kappa shape index (κ2) is 7.46. The number of nitriles is 1. The number of rotatable bonds is 6. The highest BCUT2D eigenvalue weighted by Crippen LogP contribution is 2.43. The minimum atomic E-state index is -0.0898. The fourth-order valence-corrected chi connectivity index (χ4v) is 4.24. The summed E-state index contributed by atoms with van der Waals surface area (Å²) >= 11 is 0. The van der Waals surface area contributed by atoms with Crippen LogP contribution in [0.1, 0.15) is 19.3 Å². The summed E-state index contributed by atoms with van der Waals surface area (Å²) in [6.07, 6.45) is 7.27. The summed E-state index contributed by atoms with van der Waals surface area (Å²) in [4.78, 5) is 25.9. The molecule has 0 radical (unpaired) electrons. The molecule has 9 heteroatoms. The number of carbonyl (C=O) groups excluding carboxylic acids is 1. The van der Waals surface area contributed by atoms with E-state index in [9.17, 15) is 4.79 Å². The molecular weight excluding hydrogens is 356 g/mol. The van der Waals surface area contributed by atoms with Crippen molar-refractivity contribution in [2.24, 2.45) is 11.8 Å². The Balaban J connectivity index is 1.46. The number of hydrogen-bond donors (Lipinski definition) is 3. The van der Waals surface area contributed by atoms with Gasteiger partial charge in [-0.05, 0) is 25.3 Å². The number of nitrogens with zero attached hydrogens (tertiary/aromatic N) is 5. The smallest absolute Gasteiger partial charge is 0.229 e. The van der Waals surface area contributed by atoms with Gasteiger partial charge in [0.2, 0.25) is 11.9 Å². The van der Waals surface area contributed by atoms with Crippen molar-refractivity contribution in [1.82, 2.24) is 20.2 Å². The van der Waals surface area contributed by atoms with Crippen LogP contribution in [0.5, 0.6) is 0 Å². The maximum absolute atomic E-state index is 12.8. The Hall–Kier alpha value is -3.15. The van der Waals surface area contributed by atoms with Crippen molar-refractivity contribution in [1.29, 1.82) is 10.7 Å². The molecule has 28 heavy (non-hydrogen) atoms. The normalized spacial score (nSPS) is 28.5. The Morgan fingerprint density at radius 1 is 1.39 bits per heavy atom. The van der Waals surface area contributed by atoms with E-state index in [0.29, 0.717) is 18.1 Å². The number of fused-ring (bicyclic) bond motifs is 2. The highest BCUT2D eigenvalue weighted by molar-refractivity contribution is 5.83. The lowest BCUT2D eigenvalue weighted by atomic mass is 10.1. The molecule has 146 valence electrons. The first-order valence-corrected chi connectivity index (χ1v) is 9.59. The Kier molecular flexibility index (Phi) is 4.86. The highest BCUT2D eigenvalue weighted by atomic mass is 16.2. The first kappa shape index (κ1) is 18.2. The van der Waals surface area contributed by atoms with E-state index >= 15 is 0 Å². The zero-order chi connectivity index (χ0) is 19.7. The molecule has 4 atom stereocenters. The largest absolute Gasteiger partial charge is 0.392 e. The monoisotopic (exact) mass is 380 g/mol. The van der Waals surface area contributed by atoms with E-state index in [1.807, 2.05) is 11.0 Å². The Labute approximate surface area is 163 Å². The zero-order valence-electron chi connectivity index (χ0n) is 15.8. The van der Waals surface area contributed by atoms with E-state index in [1.165, 1.54) is 6.21 Å². The lowest BCUT2D eigenvalue weighted by molar-refractivity contribution is -0.136. The molecule has 3 N–H and O–H groups in total. The van der Waals surface area contributed by atoms with Crippen LogP contribution in [0.25, 0.3) is 0 Å². The van der Waals surface area contributed by atoms with Crippen molar-refractivity contribution in [2.45, 2.75) is 31.3 Å². The minimum absolute atomic E-state index is 0.0888. The maximum atomic E-state index is 12.8. The number of carbonyl (C=O) groups is 1. The Morgan fingerprint density at radius 3 is 2.75 bits per heavy atom. The first-order valence-electron chi connectivity index (χ1n) is 9.59. The summed E-state index contributed by atoms with van der Waals surface area (Å²) in [5.41, 5.74) is 0.562. The molecule has 1 aliphatic carbocycles. The number of anilines is 2. The highest BCUT2D eigenvalue weighted by Gasteiger charge is 2.51. The Bertz CT molecular complexity index is 833. The summed E-state index contributed by atoms with van der Waals surface area (Å²) in [7, 11) is 1.76. The molecule has 3 heterocycles. The molecule has 0 spiro atoms. The van der Waals surface area contributed by atoms with Crippen molar-refractivity contribution in [3.63, 3.8) is 0 Å². The Morgan fingerprint density at radius 2 is 2.14 bits per heavy atom. The van der Waals surface area contributed by atoms with Crippen LogP contribution in [0.15, 0.2) is 24.2 Å². The third-order valence-electron chi connectivity index (χ3n) is 5.69. The molecular formula is C19H24N8O. The number of nitrogens with one attached hydrogen (secondary N) is 3. The van der Waals surface area contributed by atoms with Crippen molar-refractivity contribution in [3.05, 3.63) is 24.2 Å². The van der Waals surface area contributed by atoms with Crippen LogP contribution in [0, 0.1) is 28.6 Å². The molecule has 0 aromatic carbocycles. The third-order valence-corrected chi connectivity index (χ3v) is 5.69. The van der Waals surface area contributed by atoms with Crippen LogP contribution in [0.4, 0.5) is 11.8 Å². The molecule has 0 unspecified atom stereocenters. The summed E-state index contributed by atoms with van der Waals surface area (Å²) in [6, 6.07) is 4.46. The van der Waals surface area contributed by atoms with Crippen LogP contribution in [0.3, 0.4) is 0 Å². The SMILES string of the molecule is CN/C=C(\C=N)Nc1nccc(N2C[C@H]3CC[C@@H](C2)N3C(=O)[C@@H]2C[C@@H]2C#N)n1. The molecule has 9 nitrogen and oxygen atoms in total. The topological polar surface area (TPSA) is 121 Å². The van der Waals surface area contributed by atoms with E-state index in [4.69, 9.17) is 10.7 Å². The predicted octanol–water partition coefficient (Wildman–Crippen LogP) is 0.938. The van der Waals surface area contributed by atoms with Gasteiger partial charge in [0.1, 0.15) is 5.82 Å². The molecule has 4 rings (SSSR count). The standard InChI is InChI=1S/C19H24N8O/c1-22-9-13(8-21)24-19-23-5-4-17(25-19)26-10-14-2-3-15(11-26)27(14)18(28)16-6-12(16)7-20/h4-5,8-9,12,14-16,21-22H,2-3,6,10-11H2,1H3,(H,23,24,25)/b13-9+,21-8?/t12-,14-,15+,16-/m1/s1. The van der Waals surface area contributed by atoms with Gasteiger partial charge >= 0.3 is 0 Å². The van der Waals surface area contributed by atoms with E-state index in [2.05, 4.69) is 31.6 Å². The molecule has 1 aromatic rings. The molecule has 3 aliphatic rings. The van der Waals surface area contributed by atoms with Crippen LogP contribution in [-0.2, 0) is 4.79 Å².